The molecule has 1 aliphatic rings. The largest absolute Gasteiger partial charge is 0.340 e. The summed E-state index contributed by atoms with van der Waals surface area (Å²) in [6, 6.07) is 4.01. The number of nitrogen functional groups attached to an aromatic ring is 1. The molecule has 0 aromatic carbocycles. The lowest BCUT2D eigenvalue weighted by Gasteiger charge is -2.26. The highest BCUT2D eigenvalue weighted by molar-refractivity contribution is 5.94. The molecule has 1 amide bonds. The van der Waals surface area contributed by atoms with Crippen molar-refractivity contribution in [3.05, 3.63) is 23.4 Å². The minimum absolute atomic E-state index is 0.0175. The van der Waals surface area contributed by atoms with Crippen molar-refractivity contribution in [2.45, 2.75) is 32.2 Å². The Balaban J connectivity index is 2.11. The summed E-state index contributed by atoms with van der Waals surface area (Å²) >= 11 is 0. The number of likely N-dealkylation sites (tertiary alicyclic amines) is 1. The van der Waals surface area contributed by atoms with E-state index in [0.717, 1.165) is 31.6 Å². The van der Waals surface area contributed by atoms with Crippen molar-refractivity contribution in [1.82, 2.24) is 14.8 Å². The molecule has 21 heavy (non-hydrogen) atoms. The number of aromatic nitrogens is 1. The minimum Gasteiger partial charge on any atom is -0.340 e. The molecule has 2 rings (SSSR count). The number of carbonyl (C=O) groups excluding carboxylic acids is 1. The van der Waals surface area contributed by atoms with Gasteiger partial charge in [-0.25, -0.2) is 10.8 Å². The van der Waals surface area contributed by atoms with Crippen molar-refractivity contribution in [2.24, 2.45) is 5.84 Å². The number of hydrogen-bond acceptors (Lipinski definition) is 5. The lowest BCUT2D eigenvalue weighted by atomic mass is 10.1. The first-order valence-corrected chi connectivity index (χ1v) is 7.48. The molecule has 3 N–H and O–H groups in total. The minimum atomic E-state index is 0.0175. The van der Waals surface area contributed by atoms with E-state index in [-0.39, 0.29) is 5.91 Å². The summed E-state index contributed by atoms with van der Waals surface area (Å²) in [5.74, 6) is 5.97. The summed E-state index contributed by atoms with van der Waals surface area (Å²) < 4.78 is 0. The van der Waals surface area contributed by atoms with Gasteiger partial charge in [-0.05, 0) is 45.0 Å². The molecule has 6 nitrogen and oxygen atoms in total. The fourth-order valence-electron chi connectivity index (χ4n) is 2.80. The molecule has 1 aliphatic heterocycles. The predicted octanol–water partition coefficient (Wildman–Crippen LogP) is 1.10. The predicted molar refractivity (Wildman–Crippen MR) is 84.0 cm³/mol. The Morgan fingerprint density at radius 1 is 1.57 bits per heavy atom. The average molecular weight is 291 g/mol. The first kappa shape index (κ1) is 15.7. The number of nitrogens with one attached hydrogen (secondary N) is 1. The van der Waals surface area contributed by atoms with Gasteiger partial charge >= 0.3 is 0 Å². The molecule has 1 aromatic rings. The lowest BCUT2D eigenvalue weighted by Crippen LogP contribution is -2.39. The van der Waals surface area contributed by atoms with Gasteiger partial charge in [-0.2, -0.15) is 0 Å². The van der Waals surface area contributed by atoms with Crippen LogP contribution in [0.4, 0.5) is 5.82 Å². The number of likely N-dealkylation sites (N-methyl/N-ethyl adjacent to an activating group) is 2. The maximum Gasteiger partial charge on any atom is 0.253 e. The first-order valence-electron chi connectivity index (χ1n) is 7.48. The Labute approximate surface area is 126 Å². The van der Waals surface area contributed by atoms with E-state index >= 15 is 0 Å². The van der Waals surface area contributed by atoms with Gasteiger partial charge in [0.05, 0.1) is 0 Å². The highest BCUT2D eigenvalue weighted by Crippen LogP contribution is 2.17. The third-order valence-electron chi connectivity index (χ3n) is 4.14. The number of hydrazine groups is 1. The molecular weight excluding hydrogens is 266 g/mol. The molecule has 0 aliphatic carbocycles. The number of anilines is 1. The highest BCUT2D eigenvalue weighted by Gasteiger charge is 2.24. The van der Waals surface area contributed by atoms with E-state index in [4.69, 9.17) is 5.84 Å². The molecule has 6 heteroatoms. The van der Waals surface area contributed by atoms with Crippen LogP contribution in [0.25, 0.3) is 0 Å². The Morgan fingerprint density at radius 3 is 2.90 bits per heavy atom. The van der Waals surface area contributed by atoms with Gasteiger partial charge in [0, 0.05) is 30.9 Å². The second-order valence-electron chi connectivity index (χ2n) is 5.69. The number of hydrogen-bond donors (Lipinski definition) is 2. The topological polar surface area (TPSA) is 74.5 Å². The quantitative estimate of drug-likeness (QED) is 0.627. The molecule has 116 valence electrons. The third kappa shape index (κ3) is 3.71. The summed E-state index contributed by atoms with van der Waals surface area (Å²) in [6.45, 7) is 3.88. The monoisotopic (exact) mass is 291 g/mol. The molecular formula is C15H25N5O. The zero-order valence-electron chi connectivity index (χ0n) is 13.1. The van der Waals surface area contributed by atoms with Crippen LogP contribution in [-0.4, -0.2) is 53.9 Å². The van der Waals surface area contributed by atoms with Crippen molar-refractivity contribution in [3.63, 3.8) is 0 Å². The average Bonchev–Trinajstić information content (AvgIpc) is 2.90. The molecule has 1 unspecified atom stereocenters. The number of nitrogens with zero attached hydrogens (tertiary/aromatic N) is 3. The van der Waals surface area contributed by atoms with Crippen LogP contribution >= 0.6 is 0 Å². The molecule has 0 spiro atoms. The van der Waals surface area contributed by atoms with Crippen molar-refractivity contribution in [3.8, 4) is 0 Å². The SMILES string of the molecule is CCc1cc(C(=O)N(C)CC2CCCN2C)cc(NN)n1. The van der Waals surface area contributed by atoms with E-state index in [2.05, 4.69) is 22.4 Å². The van der Waals surface area contributed by atoms with Gasteiger partial charge in [0.2, 0.25) is 0 Å². The number of pyridine rings is 1. The number of rotatable bonds is 5. The van der Waals surface area contributed by atoms with E-state index in [0.29, 0.717) is 17.4 Å². The summed E-state index contributed by atoms with van der Waals surface area (Å²) in [5, 5.41) is 0. The van der Waals surface area contributed by atoms with Crippen molar-refractivity contribution in [1.29, 1.82) is 0 Å². The van der Waals surface area contributed by atoms with Gasteiger partial charge in [-0.3, -0.25) is 4.79 Å². The lowest BCUT2D eigenvalue weighted by molar-refractivity contribution is 0.0761. The highest BCUT2D eigenvalue weighted by atomic mass is 16.2. The summed E-state index contributed by atoms with van der Waals surface area (Å²) in [4.78, 5) is 21.0. The Bertz CT molecular complexity index is 483. The fourth-order valence-corrected chi connectivity index (χ4v) is 2.80. The normalized spacial score (nSPS) is 18.8. The molecule has 0 saturated carbocycles. The molecule has 2 heterocycles. The Morgan fingerprint density at radius 2 is 2.33 bits per heavy atom. The molecule has 1 fully saturated rings. The maximum absolute atomic E-state index is 12.6. The second kappa shape index (κ2) is 6.87. The molecule has 0 radical (unpaired) electrons. The number of aryl methyl sites for hydroxylation is 1. The first-order chi connectivity index (χ1) is 10.0. The second-order valence-corrected chi connectivity index (χ2v) is 5.69. The van der Waals surface area contributed by atoms with Crippen molar-refractivity contribution < 1.29 is 4.79 Å². The van der Waals surface area contributed by atoms with E-state index < -0.39 is 0 Å². The van der Waals surface area contributed by atoms with E-state index in [1.54, 1.807) is 11.0 Å². The zero-order valence-corrected chi connectivity index (χ0v) is 13.1. The standard InChI is InChI=1S/C15H25N5O/c1-4-12-8-11(9-14(17-12)18-16)15(21)20(3)10-13-6-5-7-19(13)2/h8-9,13H,4-7,10,16H2,1-3H3,(H,17,18). The van der Waals surface area contributed by atoms with Crippen molar-refractivity contribution >= 4 is 11.7 Å². The van der Waals surface area contributed by atoms with Gasteiger partial charge in [0.25, 0.3) is 5.91 Å². The molecule has 1 atom stereocenters. The van der Waals surface area contributed by atoms with Crippen LogP contribution in [0.2, 0.25) is 0 Å². The van der Waals surface area contributed by atoms with Gasteiger partial charge in [-0.15, -0.1) is 0 Å². The maximum atomic E-state index is 12.6. The van der Waals surface area contributed by atoms with Crippen LogP contribution < -0.4 is 11.3 Å². The summed E-state index contributed by atoms with van der Waals surface area (Å²) in [5.41, 5.74) is 4.02. The van der Waals surface area contributed by atoms with Gasteiger partial charge in [0.15, 0.2) is 0 Å². The van der Waals surface area contributed by atoms with Crippen LogP contribution in [0.15, 0.2) is 12.1 Å². The fraction of sp³-hybridized carbons (Fsp3) is 0.600. The Kier molecular flexibility index (Phi) is 5.14. The van der Waals surface area contributed by atoms with E-state index in [9.17, 15) is 4.79 Å². The third-order valence-corrected chi connectivity index (χ3v) is 4.14. The van der Waals surface area contributed by atoms with Gasteiger partial charge < -0.3 is 15.2 Å². The molecule has 1 saturated heterocycles. The van der Waals surface area contributed by atoms with E-state index in [1.165, 1.54) is 6.42 Å². The van der Waals surface area contributed by atoms with Crippen LogP contribution in [0.3, 0.4) is 0 Å². The van der Waals surface area contributed by atoms with Crippen LogP contribution in [0.5, 0.6) is 0 Å². The van der Waals surface area contributed by atoms with Crippen molar-refractivity contribution in [2.75, 3.05) is 32.6 Å². The van der Waals surface area contributed by atoms with Crippen LogP contribution in [0.1, 0.15) is 35.8 Å². The number of carbonyl (C=O) groups is 1. The zero-order chi connectivity index (χ0) is 15.4. The Hall–Kier alpha value is -1.66. The smallest absolute Gasteiger partial charge is 0.253 e. The van der Waals surface area contributed by atoms with Gasteiger partial charge in [0.1, 0.15) is 5.82 Å². The summed E-state index contributed by atoms with van der Waals surface area (Å²) in [7, 11) is 3.98. The summed E-state index contributed by atoms with van der Waals surface area (Å²) in [6.07, 6.45) is 3.13. The van der Waals surface area contributed by atoms with Crippen LogP contribution in [-0.2, 0) is 6.42 Å². The van der Waals surface area contributed by atoms with E-state index in [1.807, 2.05) is 20.0 Å². The number of amides is 1. The molecule has 1 aromatic heterocycles. The van der Waals surface area contributed by atoms with Crippen LogP contribution in [0, 0.1) is 0 Å². The van der Waals surface area contributed by atoms with Gasteiger partial charge in [-0.1, -0.05) is 6.92 Å². The molecule has 0 bridgehead atoms. The number of nitrogens with two attached hydrogens (primary N) is 1.